The smallest absolute Gasteiger partial charge is 0.375 e. The molecule has 0 spiro atoms. The Morgan fingerprint density at radius 1 is 1.24 bits per heavy atom. The number of nitrogens with one attached hydrogen (secondary N) is 1. The standard InChI is InChI=1S/C21H19ClN2O5/c1-12-14-5-4-6-15(22)19(14)29-18(12)21(27)28-11-17(25)13-9-16(23-10-13)20(26)24-7-2-3-8-24/h4-6,9-10,23H,2-3,7-8,11H2,1H3. The van der Waals surface area contributed by atoms with E-state index >= 15 is 0 Å². The van der Waals surface area contributed by atoms with Gasteiger partial charge in [-0.2, -0.15) is 0 Å². The molecule has 1 amide bonds. The van der Waals surface area contributed by atoms with E-state index in [-0.39, 0.29) is 17.2 Å². The molecule has 3 aromatic rings. The van der Waals surface area contributed by atoms with Gasteiger partial charge in [0.2, 0.25) is 11.5 Å². The Bertz CT molecular complexity index is 1110. The van der Waals surface area contributed by atoms with Crippen LogP contribution in [-0.4, -0.2) is 47.2 Å². The van der Waals surface area contributed by atoms with Crippen molar-refractivity contribution >= 4 is 40.2 Å². The van der Waals surface area contributed by atoms with Gasteiger partial charge in [-0.25, -0.2) is 4.79 Å². The molecule has 0 unspecified atom stereocenters. The van der Waals surface area contributed by atoms with E-state index in [1.54, 1.807) is 30.0 Å². The summed E-state index contributed by atoms with van der Waals surface area (Å²) in [5.41, 5.74) is 1.63. The molecule has 0 saturated carbocycles. The number of esters is 1. The number of para-hydroxylation sites is 1. The van der Waals surface area contributed by atoms with Gasteiger partial charge in [0.1, 0.15) is 5.69 Å². The third-order valence-corrected chi connectivity index (χ3v) is 5.36. The fourth-order valence-electron chi connectivity index (χ4n) is 3.45. The quantitative estimate of drug-likeness (QED) is 0.503. The maximum Gasteiger partial charge on any atom is 0.375 e. The number of likely N-dealkylation sites (tertiary alicyclic amines) is 1. The number of hydrogen-bond acceptors (Lipinski definition) is 5. The minimum absolute atomic E-state index is 0.0138. The van der Waals surface area contributed by atoms with Gasteiger partial charge in [-0.05, 0) is 31.9 Å². The Kier molecular flexibility index (Phi) is 5.15. The van der Waals surface area contributed by atoms with E-state index in [2.05, 4.69) is 4.98 Å². The number of rotatable bonds is 5. The monoisotopic (exact) mass is 414 g/mol. The number of Topliss-reactive ketones (excluding diaryl/α,β-unsaturated/α-hetero) is 1. The van der Waals surface area contributed by atoms with Gasteiger partial charge in [0.05, 0.1) is 5.02 Å². The minimum atomic E-state index is -0.744. The van der Waals surface area contributed by atoms with E-state index in [1.165, 1.54) is 12.3 Å². The highest BCUT2D eigenvalue weighted by atomic mass is 35.5. The summed E-state index contributed by atoms with van der Waals surface area (Å²) in [6.07, 6.45) is 3.42. The number of carbonyl (C=O) groups is 3. The molecule has 4 rings (SSSR count). The third kappa shape index (κ3) is 3.65. The van der Waals surface area contributed by atoms with Gasteiger partial charge in [-0.1, -0.05) is 23.7 Å². The molecule has 29 heavy (non-hydrogen) atoms. The van der Waals surface area contributed by atoms with E-state index in [0.29, 0.717) is 27.2 Å². The topological polar surface area (TPSA) is 92.6 Å². The van der Waals surface area contributed by atoms with Crippen molar-refractivity contribution in [1.82, 2.24) is 9.88 Å². The van der Waals surface area contributed by atoms with Gasteiger partial charge in [-0.3, -0.25) is 9.59 Å². The summed E-state index contributed by atoms with van der Waals surface area (Å²) in [4.78, 5) is 41.7. The van der Waals surface area contributed by atoms with Crippen LogP contribution in [0.2, 0.25) is 5.02 Å². The summed E-state index contributed by atoms with van der Waals surface area (Å²) in [5, 5.41) is 1.11. The number of carbonyl (C=O) groups excluding carboxylic acids is 3. The molecule has 3 heterocycles. The predicted molar refractivity (Wildman–Crippen MR) is 107 cm³/mol. The molecule has 1 fully saturated rings. The van der Waals surface area contributed by atoms with Crippen molar-refractivity contribution in [3.63, 3.8) is 0 Å². The van der Waals surface area contributed by atoms with E-state index in [9.17, 15) is 14.4 Å². The number of H-pyrrole nitrogens is 1. The summed E-state index contributed by atoms with van der Waals surface area (Å²) in [7, 11) is 0. The molecule has 1 aliphatic heterocycles. The van der Waals surface area contributed by atoms with Crippen molar-refractivity contribution in [2.75, 3.05) is 19.7 Å². The number of ketones is 1. The summed E-state index contributed by atoms with van der Waals surface area (Å²) in [5.74, 6) is -1.28. The van der Waals surface area contributed by atoms with Crippen LogP contribution in [0.5, 0.6) is 0 Å². The summed E-state index contributed by atoms with van der Waals surface area (Å²) in [6.45, 7) is 2.71. The highest BCUT2D eigenvalue weighted by molar-refractivity contribution is 6.35. The number of furan rings is 1. The first-order valence-corrected chi connectivity index (χ1v) is 9.69. The number of fused-ring (bicyclic) bond motifs is 1. The fourth-order valence-corrected chi connectivity index (χ4v) is 3.67. The molecule has 0 aliphatic carbocycles. The fraction of sp³-hybridized carbons (Fsp3) is 0.286. The van der Waals surface area contributed by atoms with Crippen molar-refractivity contribution < 1.29 is 23.5 Å². The predicted octanol–water partition coefficient (Wildman–Crippen LogP) is 4.00. The molecule has 150 valence electrons. The van der Waals surface area contributed by atoms with Crippen molar-refractivity contribution in [3.8, 4) is 0 Å². The zero-order valence-corrected chi connectivity index (χ0v) is 16.5. The van der Waals surface area contributed by atoms with Crippen LogP contribution in [-0.2, 0) is 4.74 Å². The third-order valence-electron chi connectivity index (χ3n) is 5.06. The minimum Gasteiger partial charge on any atom is -0.451 e. The average Bonchev–Trinajstić information content (AvgIpc) is 3.46. The Labute approximate surface area is 171 Å². The lowest BCUT2D eigenvalue weighted by molar-refractivity contribution is 0.0445. The van der Waals surface area contributed by atoms with Gasteiger partial charge in [0, 0.05) is 35.8 Å². The Hall–Kier alpha value is -3.06. The molecule has 2 aromatic heterocycles. The van der Waals surface area contributed by atoms with Gasteiger partial charge in [0.25, 0.3) is 5.91 Å². The number of halogens is 1. The van der Waals surface area contributed by atoms with Crippen LogP contribution in [0.4, 0.5) is 0 Å². The maximum atomic E-state index is 12.4. The highest BCUT2D eigenvalue weighted by Gasteiger charge is 2.24. The van der Waals surface area contributed by atoms with Gasteiger partial charge in [0.15, 0.2) is 12.2 Å². The van der Waals surface area contributed by atoms with E-state index < -0.39 is 18.4 Å². The molecular formula is C21H19ClN2O5. The molecule has 0 radical (unpaired) electrons. The molecule has 8 heteroatoms. The Morgan fingerprint density at radius 2 is 2.00 bits per heavy atom. The molecule has 1 aliphatic rings. The number of aromatic nitrogens is 1. The van der Waals surface area contributed by atoms with E-state index in [0.717, 1.165) is 25.9 Å². The summed E-state index contributed by atoms with van der Waals surface area (Å²) >= 11 is 6.10. The van der Waals surface area contributed by atoms with Crippen LogP contribution in [0.3, 0.4) is 0 Å². The molecule has 1 aromatic carbocycles. The lowest BCUT2D eigenvalue weighted by atomic mass is 10.1. The first-order valence-electron chi connectivity index (χ1n) is 9.31. The largest absolute Gasteiger partial charge is 0.451 e. The normalized spacial score (nSPS) is 13.8. The number of aryl methyl sites for hydroxylation is 1. The SMILES string of the molecule is Cc1c(C(=O)OCC(=O)c2c[nH]c(C(=O)N3CCCC3)c2)oc2c(Cl)cccc12. The molecule has 7 nitrogen and oxygen atoms in total. The Balaban J connectivity index is 1.42. The number of nitrogens with zero attached hydrogens (tertiary/aromatic N) is 1. The first-order chi connectivity index (χ1) is 14.0. The molecule has 1 N–H and O–H groups in total. The second-order valence-corrected chi connectivity index (χ2v) is 7.38. The van der Waals surface area contributed by atoms with E-state index in [1.807, 2.05) is 0 Å². The number of aromatic amines is 1. The van der Waals surface area contributed by atoms with Crippen LogP contribution in [0, 0.1) is 6.92 Å². The van der Waals surface area contributed by atoms with Crippen LogP contribution in [0.1, 0.15) is 49.8 Å². The highest BCUT2D eigenvalue weighted by Crippen LogP contribution is 2.31. The van der Waals surface area contributed by atoms with Crippen LogP contribution < -0.4 is 0 Å². The van der Waals surface area contributed by atoms with Crippen molar-refractivity contribution in [1.29, 1.82) is 0 Å². The van der Waals surface area contributed by atoms with Crippen molar-refractivity contribution in [2.24, 2.45) is 0 Å². The van der Waals surface area contributed by atoms with Crippen molar-refractivity contribution in [2.45, 2.75) is 19.8 Å². The zero-order valence-electron chi connectivity index (χ0n) is 15.8. The molecular weight excluding hydrogens is 396 g/mol. The lowest BCUT2D eigenvalue weighted by Gasteiger charge is -2.13. The number of amides is 1. The van der Waals surface area contributed by atoms with Crippen LogP contribution >= 0.6 is 11.6 Å². The van der Waals surface area contributed by atoms with Crippen molar-refractivity contribution in [3.05, 3.63) is 58.1 Å². The van der Waals surface area contributed by atoms with E-state index in [4.69, 9.17) is 20.8 Å². The average molecular weight is 415 g/mol. The molecule has 1 saturated heterocycles. The van der Waals surface area contributed by atoms with Crippen LogP contribution in [0.15, 0.2) is 34.9 Å². The number of hydrogen-bond donors (Lipinski definition) is 1. The Morgan fingerprint density at radius 3 is 2.72 bits per heavy atom. The number of ether oxygens (including phenoxy) is 1. The summed E-state index contributed by atoms with van der Waals surface area (Å²) < 4.78 is 10.7. The molecule has 0 bridgehead atoms. The van der Waals surface area contributed by atoms with Gasteiger partial charge >= 0.3 is 5.97 Å². The number of benzene rings is 1. The lowest BCUT2D eigenvalue weighted by Crippen LogP contribution is -2.27. The van der Waals surface area contributed by atoms with Crippen LogP contribution in [0.25, 0.3) is 11.0 Å². The van der Waals surface area contributed by atoms with Gasteiger partial charge < -0.3 is 19.0 Å². The second kappa shape index (κ2) is 7.75. The first kappa shape index (κ1) is 19.3. The van der Waals surface area contributed by atoms with Gasteiger partial charge in [-0.15, -0.1) is 0 Å². The molecule has 0 atom stereocenters. The second-order valence-electron chi connectivity index (χ2n) is 6.97. The maximum absolute atomic E-state index is 12.4. The zero-order chi connectivity index (χ0) is 20.5. The summed E-state index contributed by atoms with van der Waals surface area (Å²) in [6, 6.07) is 6.71.